The van der Waals surface area contributed by atoms with E-state index in [1.807, 2.05) is 0 Å². The zero-order valence-corrected chi connectivity index (χ0v) is 17.6. The summed E-state index contributed by atoms with van der Waals surface area (Å²) in [5, 5.41) is 0. The molecule has 0 radical (unpaired) electrons. The molecule has 2 aromatic carbocycles. The maximum absolute atomic E-state index is 13.6. The quantitative estimate of drug-likeness (QED) is 0.477. The molecule has 29 heavy (non-hydrogen) atoms. The van der Waals surface area contributed by atoms with Crippen LogP contribution in [0.1, 0.15) is 87.7 Å². The second-order valence-corrected chi connectivity index (χ2v) is 9.61. The first-order chi connectivity index (χ1) is 14.1. The van der Waals surface area contributed by atoms with Crippen molar-refractivity contribution in [3.05, 3.63) is 71.3 Å². The van der Waals surface area contributed by atoms with Crippen LogP contribution in [-0.2, 0) is 0 Å². The Morgan fingerprint density at radius 3 is 2.00 bits per heavy atom. The van der Waals surface area contributed by atoms with Gasteiger partial charge in [-0.05, 0) is 97.8 Å². The number of halogens is 2. The standard InChI is InChI=1S/C27H34F2/c1-19(21-5-3-2-4-6-21)17-20-7-9-22(10-8-20)23-11-13-24(14-12-23)25-15-16-26(28)27(29)18-25/h2-6,15-16,18-20,22-24H,7-14,17H2,1H3/t19-,20?,22?,23?,24?/m0/s1. The lowest BCUT2D eigenvalue weighted by atomic mass is 9.67. The Morgan fingerprint density at radius 1 is 0.759 bits per heavy atom. The van der Waals surface area contributed by atoms with Gasteiger partial charge in [0.05, 0.1) is 0 Å². The molecular formula is C27H34F2. The Balaban J connectivity index is 1.23. The van der Waals surface area contributed by atoms with Gasteiger partial charge in [-0.2, -0.15) is 0 Å². The molecule has 0 unspecified atom stereocenters. The van der Waals surface area contributed by atoms with E-state index >= 15 is 0 Å². The highest BCUT2D eigenvalue weighted by Gasteiger charge is 2.31. The van der Waals surface area contributed by atoms with Gasteiger partial charge in [0.2, 0.25) is 0 Å². The van der Waals surface area contributed by atoms with E-state index in [0.29, 0.717) is 11.8 Å². The number of hydrogen-bond donors (Lipinski definition) is 0. The zero-order chi connectivity index (χ0) is 20.2. The molecule has 2 heteroatoms. The Kier molecular flexibility index (Phi) is 6.67. The van der Waals surface area contributed by atoms with Gasteiger partial charge in [0, 0.05) is 0 Å². The van der Waals surface area contributed by atoms with Crippen LogP contribution in [-0.4, -0.2) is 0 Å². The molecule has 2 aliphatic rings. The minimum Gasteiger partial charge on any atom is -0.204 e. The molecule has 0 aromatic heterocycles. The molecule has 2 aliphatic carbocycles. The molecule has 0 N–H and O–H groups in total. The van der Waals surface area contributed by atoms with Gasteiger partial charge in [-0.15, -0.1) is 0 Å². The first-order valence-electron chi connectivity index (χ1n) is 11.6. The van der Waals surface area contributed by atoms with E-state index in [1.165, 1.54) is 62.6 Å². The maximum atomic E-state index is 13.6. The Hall–Kier alpha value is -1.70. The van der Waals surface area contributed by atoms with Crippen molar-refractivity contribution < 1.29 is 8.78 Å². The van der Waals surface area contributed by atoms with E-state index in [4.69, 9.17) is 0 Å². The van der Waals surface area contributed by atoms with Crippen molar-refractivity contribution in [2.75, 3.05) is 0 Å². The first kappa shape index (κ1) is 20.6. The van der Waals surface area contributed by atoms with E-state index in [2.05, 4.69) is 37.3 Å². The van der Waals surface area contributed by atoms with Crippen molar-refractivity contribution in [3.63, 3.8) is 0 Å². The molecule has 2 fully saturated rings. The molecule has 0 heterocycles. The molecule has 0 aliphatic heterocycles. The summed E-state index contributed by atoms with van der Waals surface area (Å²) in [5.41, 5.74) is 2.46. The summed E-state index contributed by atoms with van der Waals surface area (Å²) in [6.07, 6.45) is 11.6. The largest absolute Gasteiger partial charge is 0.204 e. The second-order valence-electron chi connectivity index (χ2n) is 9.61. The third-order valence-electron chi connectivity index (χ3n) is 7.80. The summed E-state index contributed by atoms with van der Waals surface area (Å²) in [7, 11) is 0. The van der Waals surface area contributed by atoms with Gasteiger partial charge in [0.15, 0.2) is 11.6 Å². The summed E-state index contributed by atoms with van der Waals surface area (Å²) < 4.78 is 26.8. The minimum atomic E-state index is -0.735. The fourth-order valence-electron chi connectivity index (χ4n) is 6.00. The van der Waals surface area contributed by atoms with Gasteiger partial charge in [0.25, 0.3) is 0 Å². The smallest absolute Gasteiger partial charge is 0.159 e. The second kappa shape index (κ2) is 9.41. The molecule has 0 bridgehead atoms. The lowest BCUT2D eigenvalue weighted by Crippen LogP contribution is -2.26. The summed E-state index contributed by atoms with van der Waals surface area (Å²) in [4.78, 5) is 0. The van der Waals surface area contributed by atoms with Crippen LogP contribution >= 0.6 is 0 Å². The van der Waals surface area contributed by atoms with E-state index in [1.54, 1.807) is 6.07 Å². The van der Waals surface area contributed by atoms with E-state index in [9.17, 15) is 8.78 Å². The molecule has 4 rings (SSSR count). The van der Waals surface area contributed by atoms with Crippen LogP contribution < -0.4 is 0 Å². The Labute approximate surface area is 174 Å². The Morgan fingerprint density at radius 2 is 1.38 bits per heavy atom. The average molecular weight is 397 g/mol. The highest BCUT2D eigenvalue weighted by Crippen LogP contribution is 2.45. The normalized spacial score (nSPS) is 28.8. The van der Waals surface area contributed by atoms with Gasteiger partial charge in [0.1, 0.15) is 0 Å². The predicted molar refractivity (Wildman–Crippen MR) is 116 cm³/mol. The molecule has 0 nitrogen and oxygen atoms in total. The van der Waals surface area contributed by atoms with Gasteiger partial charge in [-0.25, -0.2) is 8.78 Å². The van der Waals surface area contributed by atoms with Crippen molar-refractivity contribution in [1.29, 1.82) is 0 Å². The van der Waals surface area contributed by atoms with Crippen molar-refractivity contribution in [2.45, 2.75) is 76.5 Å². The molecule has 0 saturated heterocycles. The van der Waals surface area contributed by atoms with Crippen LogP contribution in [0, 0.1) is 29.4 Å². The summed E-state index contributed by atoms with van der Waals surface area (Å²) >= 11 is 0. The van der Waals surface area contributed by atoms with Crippen molar-refractivity contribution in [1.82, 2.24) is 0 Å². The molecule has 2 saturated carbocycles. The van der Waals surface area contributed by atoms with Crippen LogP contribution in [0.2, 0.25) is 0 Å². The number of rotatable bonds is 5. The van der Waals surface area contributed by atoms with Gasteiger partial charge in [-0.3, -0.25) is 0 Å². The third-order valence-corrected chi connectivity index (χ3v) is 7.80. The van der Waals surface area contributed by atoms with Crippen molar-refractivity contribution in [2.24, 2.45) is 17.8 Å². The molecule has 0 spiro atoms. The summed E-state index contributed by atoms with van der Waals surface area (Å²) in [6.45, 7) is 2.38. The van der Waals surface area contributed by atoms with Crippen LogP contribution in [0.3, 0.4) is 0 Å². The fourth-order valence-corrected chi connectivity index (χ4v) is 6.00. The van der Waals surface area contributed by atoms with E-state index in [-0.39, 0.29) is 0 Å². The Bertz CT molecular complexity index is 768. The fraction of sp³-hybridized carbons (Fsp3) is 0.556. The number of hydrogen-bond acceptors (Lipinski definition) is 0. The van der Waals surface area contributed by atoms with Crippen molar-refractivity contribution in [3.8, 4) is 0 Å². The van der Waals surface area contributed by atoms with Crippen LogP contribution in [0.15, 0.2) is 48.5 Å². The molecule has 2 aromatic rings. The molecule has 1 atom stereocenters. The minimum absolute atomic E-state index is 0.407. The number of benzene rings is 2. The van der Waals surface area contributed by atoms with Gasteiger partial charge < -0.3 is 0 Å². The van der Waals surface area contributed by atoms with E-state index < -0.39 is 11.6 Å². The molecular weight excluding hydrogens is 362 g/mol. The average Bonchev–Trinajstić information content (AvgIpc) is 2.77. The van der Waals surface area contributed by atoms with Gasteiger partial charge in [-0.1, -0.05) is 56.2 Å². The topological polar surface area (TPSA) is 0 Å². The van der Waals surface area contributed by atoms with Crippen LogP contribution in [0.25, 0.3) is 0 Å². The summed E-state index contributed by atoms with van der Waals surface area (Å²) in [6, 6.07) is 15.4. The third kappa shape index (κ3) is 5.08. The van der Waals surface area contributed by atoms with Gasteiger partial charge >= 0.3 is 0 Å². The van der Waals surface area contributed by atoms with Crippen LogP contribution in [0.5, 0.6) is 0 Å². The predicted octanol–water partition coefficient (Wildman–Crippen LogP) is 8.24. The lowest BCUT2D eigenvalue weighted by Gasteiger charge is -2.38. The van der Waals surface area contributed by atoms with E-state index in [0.717, 1.165) is 36.2 Å². The van der Waals surface area contributed by atoms with Crippen LogP contribution in [0.4, 0.5) is 8.78 Å². The first-order valence-corrected chi connectivity index (χ1v) is 11.6. The lowest BCUT2D eigenvalue weighted by molar-refractivity contribution is 0.154. The summed E-state index contributed by atoms with van der Waals surface area (Å²) in [5.74, 6) is 2.22. The SMILES string of the molecule is C[C@@H](CC1CCC(C2CCC(c3ccc(F)c(F)c3)CC2)CC1)c1ccccc1. The molecule has 0 amide bonds. The monoisotopic (exact) mass is 396 g/mol. The van der Waals surface area contributed by atoms with Crippen molar-refractivity contribution >= 4 is 0 Å². The highest BCUT2D eigenvalue weighted by molar-refractivity contribution is 5.22. The highest BCUT2D eigenvalue weighted by atomic mass is 19.2. The maximum Gasteiger partial charge on any atom is 0.159 e. The molecule has 156 valence electrons. The zero-order valence-electron chi connectivity index (χ0n) is 17.6.